The summed E-state index contributed by atoms with van der Waals surface area (Å²) in [5, 5.41) is 0.533. The van der Waals surface area contributed by atoms with Crippen LogP contribution < -0.4 is 5.56 Å². The van der Waals surface area contributed by atoms with E-state index in [2.05, 4.69) is 9.97 Å². The first-order chi connectivity index (χ1) is 12.7. The SMILES string of the molecule is O=C(Cn1cnc2ccccc2c1=O)N1CCCCC1c1cccnc1. The molecule has 1 aromatic carbocycles. The fourth-order valence-corrected chi connectivity index (χ4v) is 3.60. The standard InChI is InChI=1S/C20H20N4O2/c25-19(13-23-14-22-17-8-2-1-7-16(17)20(23)26)24-11-4-3-9-18(24)15-6-5-10-21-12-15/h1-2,5-8,10,12,14,18H,3-4,9,11,13H2. The molecule has 1 amide bonds. The molecule has 132 valence electrons. The van der Waals surface area contributed by atoms with Crippen molar-refractivity contribution in [3.05, 3.63) is 71.0 Å². The van der Waals surface area contributed by atoms with Gasteiger partial charge in [0.2, 0.25) is 5.91 Å². The third-order valence-electron chi connectivity index (χ3n) is 4.93. The highest BCUT2D eigenvalue weighted by molar-refractivity contribution is 5.79. The van der Waals surface area contributed by atoms with Gasteiger partial charge in [0.15, 0.2) is 0 Å². The van der Waals surface area contributed by atoms with Crippen LogP contribution in [0.5, 0.6) is 0 Å². The van der Waals surface area contributed by atoms with Gasteiger partial charge in [-0.15, -0.1) is 0 Å². The van der Waals surface area contributed by atoms with Crippen molar-refractivity contribution in [1.29, 1.82) is 0 Å². The van der Waals surface area contributed by atoms with Crippen LogP contribution >= 0.6 is 0 Å². The Balaban J connectivity index is 1.61. The molecule has 2 aromatic heterocycles. The molecular formula is C20H20N4O2. The molecule has 3 heterocycles. The summed E-state index contributed by atoms with van der Waals surface area (Å²) in [5.41, 5.74) is 1.51. The van der Waals surface area contributed by atoms with Crippen LogP contribution in [-0.4, -0.2) is 31.9 Å². The Morgan fingerprint density at radius 1 is 1.15 bits per heavy atom. The second-order valence-electron chi connectivity index (χ2n) is 6.58. The second kappa shape index (κ2) is 7.07. The van der Waals surface area contributed by atoms with Crippen LogP contribution in [-0.2, 0) is 11.3 Å². The fourth-order valence-electron chi connectivity index (χ4n) is 3.60. The molecule has 3 aromatic rings. The van der Waals surface area contributed by atoms with Crippen LogP contribution in [0.25, 0.3) is 10.9 Å². The van der Waals surface area contributed by atoms with Crippen molar-refractivity contribution in [3.63, 3.8) is 0 Å². The molecule has 1 fully saturated rings. The van der Waals surface area contributed by atoms with E-state index in [9.17, 15) is 9.59 Å². The van der Waals surface area contributed by atoms with Gasteiger partial charge >= 0.3 is 0 Å². The number of carbonyl (C=O) groups excluding carboxylic acids is 1. The van der Waals surface area contributed by atoms with Gasteiger partial charge in [0.1, 0.15) is 6.54 Å². The minimum absolute atomic E-state index is 0.00737. The molecule has 0 aliphatic carbocycles. The van der Waals surface area contributed by atoms with Gasteiger partial charge in [0, 0.05) is 18.9 Å². The van der Waals surface area contributed by atoms with E-state index in [1.54, 1.807) is 24.4 Å². The molecule has 1 unspecified atom stereocenters. The van der Waals surface area contributed by atoms with Crippen molar-refractivity contribution in [2.24, 2.45) is 0 Å². The summed E-state index contributed by atoms with van der Waals surface area (Å²) in [5.74, 6) is -0.0577. The fraction of sp³-hybridized carbons (Fsp3) is 0.300. The molecule has 0 radical (unpaired) electrons. The van der Waals surface area contributed by atoms with Crippen LogP contribution in [0, 0.1) is 0 Å². The zero-order valence-corrected chi connectivity index (χ0v) is 14.4. The number of benzene rings is 1. The maximum absolute atomic E-state index is 13.0. The molecule has 1 aliphatic rings. The molecule has 0 bridgehead atoms. The number of pyridine rings is 1. The highest BCUT2D eigenvalue weighted by atomic mass is 16.2. The van der Waals surface area contributed by atoms with E-state index < -0.39 is 0 Å². The monoisotopic (exact) mass is 348 g/mol. The minimum Gasteiger partial charge on any atom is -0.334 e. The van der Waals surface area contributed by atoms with Crippen LogP contribution in [0.1, 0.15) is 30.9 Å². The molecule has 6 nitrogen and oxygen atoms in total. The summed E-state index contributed by atoms with van der Waals surface area (Å²) >= 11 is 0. The van der Waals surface area contributed by atoms with E-state index in [4.69, 9.17) is 0 Å². The summed E-state index contributed by atoms with van der Waals surface area (Å²) in [6.45, 7) is 0.710. The van der Waals surface area contributed by atoms with Gasteiger partial charge in [-0.1, -0.05) is 18.2 Å². The molecule has 1 atom stereocenters. The molecule has 0 saturated carbocycles. The predicted molar refractivity (Wildman–Crippen MR) is 98.5 cm³/mol. The van der Waals surface area contributed by atoms with Gasteiger partial charge in [-0.25, -0.2) is 4.98 Å². The third-order valence-corrected chi connectivity index (χ3v) is 4.93. The highest BCUT2D eigenvalue weighted by Gasteiger charge is 2.28. The topological polar surface area (TPSA) is 68.1 Å². The first kappa shape index (κ1) is 16.4. The summed E-state index contributed by atoms with van der Waals surface area (Å²) in [4.78, 5) is 36.0. The Labute approximate surface area is 151 Å². The zero-order chi connectivity index (χ0) is 17.9. The highest BCUT2D eigenvalue weighted by Crippen LogP contribution is 2.30. The molecule has 1 aliphatic heterocycles. The van der Waals surface area contributed by atoms with Crippen molar-refractivity contribution in [1.82, 2.24) is 19.4 Å². The lowest BCUT2D eigenvalue weighted by atomic mass is 9.96. The van der Waals surface area contributed by atoms with E-state index in [0.717, 1.165) is 24.8 Å². The van der Waals surface area contributed by atoms with Gasteiger partial charge < -0.3 is 4.90 Å². The number of aromatic nitrogens is 3. The number of likely N-dealkylation sites (tertiary alicyclic amines) is 1. The number of hydrogen-bond donors (Lipinski definition) is 0. The predicted octanol–water partition coefficient (Wildman–Crippen LogP) is 2.55. The Hall–Kier alpha value is -3.02. The lowest BCUT2D eigenvalue weighted by Crippen LogP contribution is -2.41. The van der Waals surface area contributed by atoms with Crippen LogP contribution in [0.3, 0.4) is 0 Å². The maximum atomic E-state index is 13.0. The van der Waals surface area contributed by atoms with Gasteiger partial charge in [-0.05, 0) is 43.0 Å². The van der Waals surface area contributed by atoms with E-state index in [1.807, 2.05) is 29.3 Å². The van der Waals surface area contributed by atoms with Crippen molar-refractivity contribution >= 4 is 16.8 Å². The van der Waals surface area contributed by atoms with E-state index in [1.165, 1.54) is 10.9 Å². The second-order valence-corrected chi connectivity index (χ2v) is 6.58. The number of piperidine rings is 1. The molecule has 6 heteroatoms. The Bertz CT molecular complexity index is 984. The van der Waals surface area contributed by atoms with Gasteiger partial charge in [0.05, 0.1) is 23.3 Å². The Morgan fingerprint density at radius 3 is 2.88 bits per heavy atom. The lowest BCUT2D eigenvalue weighted by molar-refractivity contribution is -0.135. The summed E-state index contributed by atoms with van der Waals surface area (Å²) in [6.07, 6.45) is 8.00. The van der Waals surface area contributed by atoms with Crippen molar-refractivity contribution in [2.75, 3.05) is 6.54 Å². The van der Waals surface area contributed by atoms with Crippen molar-refractivity contribution < 1.29 is 4.79 Å². The number of para-hydroxylation sites is 1. The normalized spacial score (nSPS) is 17.4. The molecule has 4 rings (SSSR count). The average Bonchev–Trinajstić information content (AvgIpc) is 2.71. The first-order valence-corrected chi connectivity index (χ1v) is 8.87. The van der Waals surface area contributed by atoms with E-state index in [-0.39, 0.29) is 24.1 Å². The van der Waals surface area contributed by atoms with E-state index in [0.29, 0.717) is 17.4 Å². The number of amides is 1. The quantitative estimate of drug-likeness (QED) is 0.729. The smallest absolute Gasteiger partial charge is 0.261 e. The van der Waals surface area contributed by atoms with Gasteiger partial charge in [0.25, 0.3) is 5.56 Å². The average molecular weight is 348 g/mol. The molecule has 26 heavy (non-hydrogen) atoms. The van der Waals surface area contributed by atoms with Gasteiger partial charge in [-0.2, -0.15) is 0 Å². The van der Waals surface area contributed by atoms with Crippen LogP contribution in [0.15, 0.2) is 59.9 Å². The summed E-state index contributed by atoms with van der Waals surface area (Å²) < 4.78 is 1.40. The zero-order valence-electron chi connectivity index (χ0n) is 14.4. The summed E-state index contributed by atoms with van der Waals surface area (Å²) in [7, 11) is 0. The lowest BCUT2D eigenvalue weighted by Gasteiger charge is -2.36. The number of hydrogen-bond acceptors (Lipinski definition) is 4. The first-order valence-electron chi connectivity index (χ1n) is 8.87. The third kappa shape index (κ3) is 3.10. The molecule has 1 saturated heterocycles. The number of carbonyl (C=O) groups is 1. The number of fused-ring (bicyclic) bond motifs is 1. The van der Waals surface area contributed by atoms with Crippen LogP contribution in [0.2, 0.25) is 0 Å². The minimum atomic E-state index is -0.182. The molecular weight excluding hydrogens is 328 g/mol. The number of rotatable bonds is 3. The maximum Gasteiger partial charge on any atom is 0.261 e. The molecule has 0 spiro atoms. The Kier molecular flexibility index (Phi) is 4.48. The summed E-state index contributed by atoms with van der Waals surface area (Å²) in [6, 6.07) is 11.1. The van der Waals surface area contributed by atoms with E-state index >= 15 is 0 Å². The number of nitrogens with zero attached hydrogens (tertiary/aromatic N) is 4. The largest absolute Gasteiger partial charge is 0.334 e. The Morgan fingerprint density at radius 2 is 2.04 bits per heavy atom. The van der Waals surface area contributed by atoms with Crippen molar-refractivity contribution in [3.8, 4) is 0 Å². The molecule has 0 N–H and O–H groups in total. The van der Waals surface area contributed by atoms with Gasteiger partial charge in [-0.3, -0.25) is 19.1 Å². The van der Waals surface area contributed by atoms with Crippen molar-refractivity contribution in [2.45, 2.75) is 31.8 Å². The van der Waals surface area contributed by atoms with Crippen LogP contribution in [0.4, 0.5) is 0 Å².